The average molecular weight is 369 g/mol. The fraction of sp³-hybridized carbons (Fsp3) is 0.118. The van der Waals surface area contributed by atoms with Gasteiger partial charge in [-0.25, -0.2) is 27.3 Å². The van der Waals surface area contributed by atoms with E-state index >= 15 is 0 Å². The van der Waals surface area contributed by atoms with Crippen LogP contribution in [0.3, 0.4) is 0 Å². The summed E-state index contributed by atoms with van der Waals surface area (Å²) in [7, 11) is -3.43. The number of hydrogen-bond donors (Lipinski definition) is 1. The van der Waals surface area contributed by atoms with Gasteiger partial charge in [0.2, 0.25) is 5.65 Å². The van der Waals surface area contributed by atoms with Crippen molar-refractivity contribution in [1.29, 1.82) is 0 Å². The molecule has 0 aliphatic carbocycles. The van der Waals surface area contributed by atoms with Crippen molar-refractivity contribution in [3.8, 4) is 0 Å². The van der Waals surface area contributed by atoms with E-state index in [1.165, 1.54) is 15.1 Å². The molecule has 4 aromatic rings. The second-order valence-electron chi connectivity index (χ2n) is 5.96. The van der Waals surface area contributed by atoms with Crippen molar-refractivity contribution in [1.82, 2.24) is 19.2 Å². The molecule has 2 N–H and O–H groups in total. The van der Waals surface area contributed by atoms with Gasteiger partial charge in [0.05, 0.1) is 22.5 Å². The van der Waals surface area contributed by atoms with E-state index in [1.807, 2.05) is 0 Å². The molecule has 8 nitrogen and oxygen atoms in total. The molecule has 0 unspecified atom stereocenters. The molecule has 0 saturated heterocycles. The lowest BCUT2D eigenvalue weighted by Crippen LogP contribution is -2.23. The molecule has 2 heterocycles. The molecule has 26 heavy (non-hydrogen) atoms. The van der Waals surface area contributed by atoms with E-state index < -0.39 is 15.5 Å². The van der Waals surface area contributed by atoms with Crippen LogP contribution in [0.15, 0.2) is 58.2 Å². The second-order valence-corrected chi connectivity index (χ2v) is 7.95. The third kappa shape index (κ3) is 2.53. The molecule has 4 rings (SSSR count). The molecule has 2 aromatic carbocycles. The van der Waals surface area contributed by atoms with E-state index in [9.17, 15) is 13.2 Å². The summed E-state index contributed by atoms with van der Waals surface area (Å²) in [6.07, 6.45) is 1.13. The maximum absolute atomic E-state index is 12.9. The van der Waals surface area contributed by atoms with E-state index in [0.717, 1.165) is 6.26 Å². The van der Waals surface area contributed by atoms with Crippen molar-refractivity contribution in [2.45, 2.75) is 11.4 Å². The standard InChI is InChI=1S/C17H15N5O3S/c1-26(24,25)14-9-5-2-6-11(14)10-21-17(23)22-13-8-4-3-7-12(13)19-15(18)16(22)20-21/h2-9H,10H2,1H3,(H2,18,19). The van der Waals surface area contributed by atoms with Gasteiger partial charge in [-0.1, -0.05) is 30.3 Å². The average Bonchev–Trinajstić information content (AvgIpc) is 2.92. The largest absolute Gasteiger partial charge is 0.381 e. The van der Waals surface area contributed by atoms with Gasteiger partial charge in [0.1, 0.15) is 0 Å². The Morgan fingerprint density at radius 3 is 2.54 bits per heavy atom. The van der Waals surface area contributed by atoms with Crippen molar-refractivity contribution in [3.63, 3.8) is 0 Å². The molecule has 0 saturated carbocycles. The lowest BCUT2D eigenvalue weighted by atomic mass is 10.2. The maximum Gasteiger partial charge on any atom is 0.351 e. The Bertz CT molecular complexity index is 1320. The zero-order valence-electron chi connectivity index (χ0n) is 13.8. The number of aromatic nitrogens is 4. The first-order chi connectivity index (χ1) is 12.4. The SMILES string of the molecule is CS(=O)(=O)c1ccccc1Cn1nc2c(N)nc3ccccc3n2c1=O. The molecule has 0 aliphatic rings. The maximum atomic E-state index is 12.9. The molecule has 0 bridgehead atoms. The van der Waals surface area contributed by atoms with Crippen molar-refractivity contribution < 1.29 is 8.42 Å². The highest BCUT2D eigenvalue weighted by Crippen LogP contribution is 2.18. The first-order valence-electron chi connectivity index (χ1n) is 7.78. The Morgan fingerprint density at radius 1 is 1.08 bits per heavy atom. The van der Waals surface area contributed by atoms with Crippen LogP contribution in [-0.2, 0) is 16.4 Å². The zero-order chi connectivity index (χ0) is 18.5. The Balaban J connectivity index is 1.96. The number of fused-ring (bicyclic) bond motifs is 3. The van der Waals surface area contributed by atoms with Crippen LogP contribution in [0.2, 0.25) is 0 Å². The molecule has 0 aliphatic heterocycles. The highest BCUT2D eigenvalue weighted by Gasteiger charge is 2.17. The Morgan fingerprint density at radius 2 is 1.77 bits per heavy atom. The first kappa shape index (κ1) is 16.3. The molecule has 0 fully saturated rings. The highest BCUT2D eigenvalue weighted by molar-refractivity contribution is 7.90. The van der Waals surface area contributed by atoms with Gasteiger partial charge in [-0.3, -0.25) is 0 Å². The fourth-order valence-corrected chi connectivity index (χ4v) is 3.91. The summed E-state index contributed by atoms with van der Waals surface area (Å²) in [5.41, 5.74) is 7.44. The van der Waals surface area contributed by atoms with Crippen LogP contribution in [0, 0.1) is 0 Å². The molecular formula is C17H15N5O3S. The Kier molecular flexibility index (Phi) is 3.55. The summed E-state index contributed by atoms with van der Waals surface area (Å²) in [5.74, 6) is 0.135. The third-order valence-corrected chi connectivity index (χ3v) is 5.32. The zero-order valence-corrected chi connectivity index (χ0v) is 14.6. The first-order valence-corrected chi connectivity index (χ1v) is 9.67. The molecule has 0 atom stereocenters. The number of hydrogen-bond acceptors (Lipinski definition) is 6. The van der Waals surface area contributed by atoms with Crippen molar-refractivity contribution >= 4 is 32.3 Å². The number of nitrogen functional groups attached to an aromatic ring is 1. The summed E-state index contributed by atoms with van der Waals surface area (Å²) in [6, 6.07) is 13.6. The van der Waals surface area contributed by atoms with Crippen molar-refractivity contribution in [3.05, 3.63) is 64.6 Å². The third-order valence-electron chi connectivity index (χ3n) is 4.12. The van der Waals surface area contributed by atoms with E-state index in [0.29, 0.717) is 16.6 Å². The van der Waals surface area contributed by atoms with Crippen molar-refractivity contribution in [2.75, 3.05) is 12.0 Å². The molecule has 132 valence electrons. The quantitative estimate of drug-likeness (QED) is 0.578. The summed E-state index contributed by atoms with van der Waals surface area (Å²) in [5, 5.41) is 4.27. The topological polar surface area (TPSA) is 112 Å². The molecule has 2 aromatic heterocycles. The minimum atomic E-state index is -3.43. The summed E-state index contributed by atoms with van der Waals surface area (Å²) < 4.78 is 26.6. The summed E-state index contributed by atoms with van der Waals surface area (Å²) in [4.78, 5) is 17.3. The fourth-order valence-electron chi connectivity index (χ4n) is 2.98. The number of anilines is 1. The van der Waals surface area contributed by atoms with Gasteiger partial charge in [0.15, 0.2) is 15.7 Å². The minimum Gasteiger partial charge on any atom is -0.381 e. The van der Waals surface area contributed by atoms with Gasteiger partial charge >= 0.3 is 5.69 Å². The second kappa shape index (κ2) is 5.67. The predicted octanol–water partition coefficient (Wildman–Crippen LogP) is 1.08. The number of benzene rings is 2. The van der Waals surface area contributed by atoms with Gasteiger partial charge in [0, 0.05) is 6.26 Å². The van der Waals surface area contributed by atoms with E-state index in [4.69, 9.17) is 5.73 Å². The lowest BCUT2D eigenvalue weighted by molar-refractivity contribution is 0.597. The minimum absolute atomic E-state index is 0.0114. The van der Waals surface area contributed by atoms with Crippen LogP contribution in [-0.4, -0.2) is 33.8 Å². The Labute approximate surface area is 148 Å². The smallest absolute Gasteiger partial charge is 0.351 e. The number of para-hydroxylation sites is 2. The van der Waals surface area contributed by atoms with E-state index in [-0.39, 0.29) is 22.9 Å². The number of nitrogens with two attached hydrogens (primary N) is 1. The number of sulfone groups is 1. The van der Waals surface area contributed by atoms with Gasteiger partial charge in [-0.2, -0.15) is 0 Å². The molecular weight excluding hydrogens is 354 g/mol. The van der Waals surface area contributed by atoms with Gasteiger partial charge in [-0.05, 0) is 23.8 Å². The van der Waals surface area contributed by atoms with Crippen LogP contribution in [0.1, 0.15) is 5.56 Å². The number of nitrogens with zero attached hydrogens (tertiary/aromatic N) is 4. The molecule has 9 heteroatoms. The van der Waals surface area contributed by atoms with Crippen LogP contribution in [0.4, 0.5) is 5.82 Å². The lowest BCUT2D eigenvalue weighted by Gasteiger charge is -2.06. The summed E-state index contributed by atoms with van der Waals surface area (Å²) in [6.45, 7) is 0.0114. The van der Waals surface area contributed by atoms with Crippen molar-refractivity contribution in [2.24, 2.45) is 0 Å². The molecule has 0 radical (unpaired) electrons. The van der Waals surface area contributed by atoms with E-state index in [2.05, 4.69) is 10.1 Å². The van der Waals surface area contributed by atoms with E-state index in [1.54, 1.807) is 42.5 Å². The number of rotatable bonds is 3. The summed E-state index contributed by atoms with van der Waals surface area (Å²) >= 11 is 0. The highest BCUT2D eigenvalue weighted by atomic mass is 32.2. The normalized spacial score (nSPS) is 12.0. The van der Waals surface area contributed by atoms with Gasteiger partial charge in [0.25, 0.3) is 0 Å². The molecule has 0 spiro atoms. The van der Waals surface area contributed by atoms with Crippen LogP contribution in [0.5, 0.6) is 0 Å². The monoisotopic (exact) mass is 369 g/mol. The Hall–Kier alpha value is -3.20. The van der Waals surface area contributed by atoms with Crippen LogP contribution >= 0.6 is 0 Å². The van der Waals surface area contributed by atoms with Gasteiger partial charge < -0.3 is 5.73 Å². The van der Waals surface area contributed by atoms with Crippen LogP contribution < -0.4 is 11.4 Å². The van der Waals surface area contributed by atoms with Gasteiger partial charge in [-0.15, -0.1) is 5.10 Å². The predicted molar refractivity (Wildman–Crippen MR) is 97.8 cm³/mol. The van der Waals surface area contributed by atoms with Crippen LogP contribution in [0.25, 0.3) is 16.7 Å². The molecule has 0 amide bonds.